The summed E-state index contributed by atoms with van der Waals surface area (Å²) in [5, 5.41) is 11.5. The van der Waals surface area contributed by atoms with Gasteiger partial charge in [-0.15, -0.1) is 0 Å². The van der Waals surface area contributed by atoms with Crippen LogP contribution in [-0.4, -0.2) is 41.8 Å². The maximum absolute atomic E-state index is 10.4. The van der Waals surface area contributed by atoms with E-state index in [2.05, 4.69) is 25.7 Å². The van der Waals surface area contributed by atoms with Crippen molar-refractivity contribution < 1.29 is 9.84 Å². The number of β-amino-alcohol motifs (C(OH)–C–C–N with tert-alkyl or cyclic N) is 1. The molecule has 5 heteroatoms. The molecule has 2 aliphatic rings. The second-order valence-corrected chi connectivity index (χ2v) is 9.53. The van der Waals surface area contributed by atoms with E-state index in [1.54, 1.807) is 18.2 Å². The summed E-state index contributed by atoms with van der Waals surface area (Å²) in [7, 11) is 0. The zero-order chi connectivity index (χ0) is 17.5. The summed E-state index contributed by atoms with van der Waals surface area (Å²) in [6.07, 6.45) is 3.19. The number of hydrogen-bond donors (Lipinski definition) is 1. The van der Waals surface area contributed by atoms with Crippen LogP contribution in [0.4, 0.5) is 0 Å². The molecule has 24 heavy (non-hydrogen) atoms. The predicted octanol–water partition coefficient (Wildman–Crippen LogP) is 4.63. The fourth-order valence-electron chi connectivity index (χ4n) is 4.89. The fourth-order valence-corrected chi connectivity index (χ4v) is 5.35. The van der Waals surface area contributed by atoms with E-state index >= 15 is 0 Å². The van der Waals surface area contributed by atoms with E-state index in [1.165, 1.54) is 19.3 Å². The number of fused-ring (bicyclic) bond motifs is 2. The van der Waals surface area contributed by atoms with Crippen molar-refractivity contribution in [3.05, 3.63) is 28.2 Å². The lowest BCUT2D eigenvalue weighted by Crippen LogP contribution is -2.39. The predicted molar refractivity (Wildman–Crippen MR) is 99.1 cm³/mol. The number of likely N-dealkylation sites (tertiary alicyclic amines) is 1. The number of rotatable bonds is 5. The number of benzene rings is 1. The smallest absolute Gasteiger partial charge is 0.138 e. The molecule has 0 amide bonds. The van der Waals surface area contributed by atoms with Crippen molar-refractivity contribution in [1.29, 1.82) is 0 Å². The van der Waals surface area contributed by atoms with E-state index in [1.807, 2.05) is 0 Å². The van der Waals surface area contributed by atoms with Crippen LogP contribution in [0.3, 0.4) is 0 Å². The van der Waals surface area contributed by atoms with Crippen LogP contribution in [0.15, 0.2) is 18.2 Å². The summed E-state index contributed by atoms with van der Waals surface area (Å²) in [4.78, 5) is 2.45. The van der Waals surface area contributed by atoms with Gasteiger partial charge in [-0.2, -0.15) is 0 Å². The molecule has 0 aromatic heterocycles. The Balaban J connectivity index is 1.55. The van der Waals surface area contributed by atoms with E-state index < -0.39 is 6.10 Å². The molecule has 3 rings (SSSR count). The molecule has 1 aliphatic heterocycles. The standard InChI is InChI=1S/C19H27Cl2NO2/c1-18(2)7-14-8-19(3,11-18)12-22(14)9-15(23)10-24-17-5-4-13(20)6-16(17)21/h4-6,14-15,23H,7-12H2,1-3H3/t14-,15+,19-/m1/s1. The number of aliphatic hydroxyl groups is 1. The van der Waals surface area contributed by atoms with Crippen LogP contribution in [0.1, 0.15) is 40.0 Å². The molecule has 1 aromatic rings. The van der Waals surface area contributed by atoms with Gasteiger partial charge in [0.15, 0.2) is 0 Å². The molecule has 1 heterocycles. The number of nitrogens with zero attached hydrogens (tertiary/aromatic N) is 1. The third-order valence-corrected chi connectivity index (χ3v) is 5.82. The van der Waals surface area contributed by atoms with Gasteiger partial charge >= 0.3 is 0 Å². The summed E-state index contributed by atoms with van der Waals surface area (Å²) < 4.78 is 5.67. The lowest BCUT2D eigenvalue weighted by atomic mass is 9.65. The fraction of sp³-hybridized carbons (Fsp3) is 0.684. The van der Waals surface area contributed by atoms with Gasteiger partial charge in [-0.1, -0.05) is 44.0 Å². The van der Waals surface area contributed by atoms with Gasteiger partial charge in [-0.3, -0.25) is 4.90 Å². The molecule has 134 valence electrons. The van der Waals surface area contributed by atoms with Crippen molar-refractivity contribution in [2.24, 2.45) is 10.8 Å². The van der Waals surface area contributed by atoms with Gasteiger partial charge in [0.05, 0.1) is 5.02 Å². The lowest BCUT2D eigenvalue weighted by Gasteiger charge is -2.40. The van der Waals surface area contributed by atoms with Crippen LogP contribution in [0.5, 0.6) is 5.75 Å². The highest BCUT2D eigenvalue weighted by Crippen LogP contribution is 2.52. The van der Waals surface area contributed by atoms with E-state index in [0.717, 1.165) is 6.54 Å². The highest BCUT2D eigenvalue weighted by Gasteiger charge is 2.49. The minimum Gasteiger partial charge on any atom is -0.489 e. The average Bonchev–Trinajstić information content (AvgIpc) is 2.66. The Bertz CT molecular complexity index is 607. The third-order valence-electron chi connectivity index (χ3n) is 5.29. The van der Waals surface area contributed by atoms with Crippen LogP contribution in [0.2, 0.25) is 10.0 Å². The maximum atomic E-state index is 10.4. The molecule has 3 nitrogen and oxygen atoms in total. The minimum atomic E-state index is -0.525. The second kappa shape index (κ2) is 6.68. The van der Waals surface area contributed by atoms with Crippen LogP contribution in [0, 0.1) is 10.8 Å². The van der Waals surface area contributed by atoms with Crippen LogP contribution in [-0.2, 0) is 0 Å². The lowest BCUT2D eigenvalue weighted by molar-refractivity contribution is 0.0585. The van der Waals surface area contributed by atoms with Crippen molar-refractivity contribution in [2.75, 3.05) is 19.7 Å². The number of hydrogen-bond acceptors (Lipinski definition) is 3. The molecule has 1 N–H and O–H groups in total. The van der Waals surface area contributed by atoms with Gasteiger partial charge in [0.1, 0.15) is 18.5 Å². The Morgan fingerprint density at radius 2 is 2.04 bits per heavy atom. The Labute approximate surface area is 154 Å². The summed E-state index contributed by atoms with van der Waals surface area (Å²) in [6, 6.07) is 5.70. The molecule has 0 unspecified atom stereocenters. The molecule has 2 fully saturated rings. The number of ether oxygens (including phenoxy) is 1. The van der Waals surface area contributed by atoms with E-state index in [0.29, 0.717) is 39.2 Å². The Kier molecular flexibility index (Phi) is 5.10. The summed E-state index contributed by atoms with van der Waals surface area (Å²) >= 11 is 12.0. The van der Waals surface area contributed by atoms with E-state index in [4.69, 9.17) is 27.9 Å². The topological polar surface area (TPSA) is 32.7 Å². The highest BCUT2D eigenvalue weighted by atomic mass is 35.5. The summed E-state index contributed by atoms with van der Waals surface area (Å²) in [5.41, 5.74) is 0.775. The highest BCUT2D eigenvalue weighted by molar-refractivity contribution is 6.35. The van der Waals surface area contributed by atoms with Crippen LogP contribution in [0.25, 0.3) is 0 Å². The Hall–Kier alpha value is -0.480. The molecular formula is C19H27Cl2NO2. The van der Waals surface area contributed by atoms with Gasteiger partial charge in [-0.05, 0) is 48.3 Å². The molecule has 1 aromatic carbocycles. The monoisotopic (exact) mass is 371 g/mol. The Morgan fingerprint density at radius 1 is 1.29 bits per heavy atom. The first-order valence-corrected chi connectivity index (χ1v) is 9.41. The quantitative estimate of drug-likeness (QED) is 0.818. The van der Waals surface area contributed by atoms with E-state index in [-0.39, 0.29) is 6.61 Å². The maximum Gasteiger partial charge on any atom is 0.138 e. The first-order chi connectivity index (χ1) is 11.2. The number of halogens is 2. The second-order valence-electron chi connectivity index (χ2n) is 8.68. The Morgan fingerprint density at radius 3 is 2.75 bits per heavy atom. The van der Waals surface area contributed by atoms with Crippen molar-refractivity contribution in [3.8, 4) is 5.75 Å². The SMILES string of the molecule is CC1(C)C[C@@H]2C[C@@](C)(CN2C[C@H](O)COc2ccc(Cl)cc2Cl)C1. The van der Waals surface area contributed by atoms with Gasteiger partial charge in [0, 0.05) is 24.2 Å². The normalized spacial score (nSPS) is 30.3. The van der Waals surface area contributed by atoms with Crippen LogP contribution < -0.4 is 4.74 Å². The van der Waals surface area contributed by atoms with Crippen molar-refractivity contribution >= 4 is 23.2 Å². The molecule has 1 aliphatic carbocycles. The van der Waals surface area contributed by atoms with Crippen LogP contribution >= 0.6 is 23.2 Å². The zero-order valence-electron chi connectivity index (χ0n) is 14.7. The summed E-state index contributed by atoms with van der Waals surface area (Å²) in [5.74, 6) is 0.563. The largest absolute Gasteiger partial charge is 0.489 e. The molecular weight excluding hydrogens is 345 g/mol. The first-order valence-electron chi connectivity index (χ1n) is 8.66. The van der Waals surface area contributed by atoms with Crippen molar-refractivity contribution in [1.82, 2.24) is 4.90 Å². The average molecular weight is 372 g/mol. The zero-order valence-corrected chi connectivity index (χ0v) is 16.2. The van der Waals surface area contributed by atoms with Gasteiger partial charge in [-0.25, -0.2) is 0 Å². The van der Waals surface area contributed by atoms with Crippen molar-refractivity contribution in [3.63, 3.8) is 0 Å². The molecule has 3 atom stereocenters. The molecule has 1 saturated heterocycles. The molecule has 1 saturated carbocycles. The van der Waals surface area contributed by atoms with Crippen molar-refractivity contribution in [2.45, 2.75) is 52.2 Å². The minimum absolute atomic E-state index is 0.241. The summed E-state index contributed by atoms with van der Waals surface area (Å²) in [6.45, 7) is 9.08. The first kappa shape index (κ1) is 18.3. The molecule has 2 bridgehead atoms. The molecule has 0 spiro atoms. The van der Waals surface area contributed by atoms with Gasteiger partial charge in [0.25, 0.3) is 0 Å². The van der Waals surface area contributed by atoms with Gasteiger partial charge < -0.3 is 9.84 Å². The number of aliphatic hydroxyl groups excluding tert-OH is 1. The third kappa shape index (κ3) is 4.19. The molecule has 0 radical (unpaired) electrons. The van der Waals surface area contributed by atoms with Gasteiger partial charge in [0.2, 0.25) is 0 Å². The van der Waals surface area contributed by atoms with E-state index in [9.17, 15) is 5.11 Å².